The fraction of sp³-hybridized carbons (Fsp3) is 0.385. The summed E-state index contributed by atoms with van der Waals surface area (Å²) < 4.78 is 17.6. The Hall–Kier alpha value is -1.48. The van der Waals surface area contributed by atoms with Crippen LogP contribution in [0.25, 0.3) is 0 Å². The number of carbonyl (C=O) groups is 1. The van der Waals surface area contributed by atoms with Gasteiger partial charge in [-0.15, -0.1) is 0 Å². The number of carbonyl (C=O) groups excluding carboxylic acids is 1. The predicted octanol–water partition coefficient (Wildman–Crippen LogP) is 2.50. The van der Waals surface area contributed by atoms with Crippen LogP contribution in [-0.2, 0) is 9.63 Å². The SMILES string of the molecule is COc1c(Br)c([C@H]2ON=C(C(N)=O)[C@@H]2C)c(Br)c2c1OCO2. The van der Waals surface area contributed by atoms with Crippen LogP contribution < -0.4 is 19.9 Å². The van der Waals surface area contributed by atoms with E-state index in [2.05, 4.69) is 37.0 Å². The Morgan fingerprint density at radius 1 is 1.32 bits per heavy atom. The number of hydrogen-bond acceptors (Lipinski definition) is 6. The molecule has 1 aromatic carbocycles. The van der Waals surface area contributed by atoms with Gasteiger partial charge in [0.15, 0.2) is 23.3 Å². The Balaban J connectivity index is 2.11. The summed E-state index contributed by atoms with van der Waals surface area (Å²) in [5, 5.41) is 3.79. The summed E-state index contributed by atoms with van der Waals surface area (Å²) in [6.07, 6.45) is -0.505. The molecule has 0 saturated carbocycles. The molecule has 9 heteroatoms. The summed E-state index contributed by atoms with van der Waals surface area (Å²) in [6, 6.07) is 0. The van der Waals surface area contributed by atoms with Crippen molar-refractivity contribution in [1.29, 1.82) is 0 Å². The smallest absolute Gasteiger partial charge is 0.266 e. The van der Waals surface area contributed by atoms with E-state index in [1.165, 1.54) is 7.11 Å². The largest absolute Gasteiger partial charge is 0.492 e. The summed E-state index contributed by atoms with van der Waals surface area (Å²) in [6.45, 7) is 1.92. The van der Waals surface area contributed by atoms with Gasteiger partial charge in [0.2, 0.25) is 12.5 Å². The van der Waals surface area contributed by atoms with Crippen LogP contribution in [0.4, 0.5) is 0 Å². The van der Waals surface area contributed by atoms with Crippen molar-refractivity contribution in [3.63, 3.8) is 0 Å². The topological polar surface area (TPSA) is 92.4 Å². The molecule has 2 N–H and O–H groups in total. The van der Waals surface area contributed by atoms with E-state index in [1.54, 1.807) is 0 Å². The Kier molecular flexibility index (Phi) is 3.94. The zero-order valence-corrected chi connectivity index (χ0v) is 14.9. The van der Waals surface area contributed by atoms with Crippen LogP contribution >= 0.6 is 31.9 Å². The molecule has 118 valence electrons. The number of halogens is 2. The maximum Gasteiger partial charge on any atom is 0.266 e. The predicted molar refractivity (Wildman–Crippen MR) is 84.1 cm³/mol. The molecular weight excluding hydrogens is 424 g/mol. The minimum atomic E-state index is -0.602. The number of rotatable bonds is 3. The first-order valence-corrected chi connectivity index (χ1v) is 7.93. The van der Waals surface area contributed by atoms with Gasteiger partial charge in [0.1, 0.15) is 0 Å². The molecule has 2 heterocycles. The standard InChI is InChI=1S/C13H12Br2N2O5/c1-4-8(13(16)18)17-22-9(4)5-6(14)10(19-2)12-11(7(5)15)20-3-21-12/h4,9H,3H2,1-2H3,(H2,16,18)/t4-,9-/m0/s1. The van der Waals surface area contributed by atoms with Crippen molar-refractivity contribution in [3.05, 3.63) is 14.5 Å². The third kappa shape index (κ3) is 2.14. The summed E-state index contributed by atoms with van der Waals surface area (Å²) in [4.78, 5) is 16.8. The number of ether oxygens (including phenoxy) is 3. The molecule has 1 aromatic rings. The highest BCUT2D eigenvalue weighted by atomic mass is 79.9. The van der Waals surface area contributed by atoms with Crippen molar-refractivity contribution in [3.8, 4) is 17.2 Å². The molecule has 0 bridgehead atoms. The molecule has 0 radical (unpaired) electrons. The Labute approximate surface area is 143 Å². The van der Waals surface area contributed by atoms with E-state index in [1.807, 2.05) is 6.92 Å². The van der Waals surface area contributed by atoms with Crippen LogP contribution in [0.15, 0.2) is 14.1 Å². The second-order valence-electron chi connectivity index (χ2n) is 4.80. The van der Waals surface area contributed by atoms with Crippen molar-refractivity contribution in [2.75, 3.05) is 13.9 Å². The third-order valence-corrected chi connectivity index (χ3v) is 5.16. The van der Waals surface area contributed by atoms with Crippen molar-refractivity contribution in [2.45, 2.75) is 13.0 Å². The molecule has 22 heavy (non-hydrogen) atoms. The van der Waals surface area contributed by atoms with Crippen LogP contribution in [0, 0.1) is 5.92 Å². The Bertz CT molecular complexity index is 692. The van der Waals surface area contributed by atoms with Gasteiger partial charge in [0, 0.05) is 5.56 Å². The van der Waals surface area contributed by atoms with Gasteiger partial charge in [-0.25, -0.2) is 0 Å². The molecule has 0 aromatic heterocycles. The molecule has 0 fully saturated rings. The Morgan fingerprint density at radius 2 is 2.00 bits per heavy atom. The van der Waals surface area contributed by atoms with E-state index >= 15 is 0 Å². The van der Waals surface area contributed by atoms with Gasteiger partial charge in [-0.2, -0.15) is 0 Å². The zero-order valence-electron chi connectivity index (χ0n) is 11.7. The zero-order chi connectivity index (χ0) is 16.0. The van der Waals surface area contributed by atoms with Crippen LogP contribution in [0.2, 0.25) is 0 Å². The summed E-state index contributed by atoms with van der Waals surface area (Å²) in [5.74, 6) is 0.615. The van der Waals surface area contributed by atoms with Crippen molar-refractivity contribution in [1.82, 2.24) is 0 Å². The fourth-order valence-corrected chi connectivity index (χ4v) is 4.24. The monoisotopic (exact) mass is 434 g/mol. The molecular formula is C13H12Br2N2O5. The van der Waals surface area contributed by atoms with Gasteiger partial charge in [0.05, 0.1) is 22.0 Å². The molecule has 2 aliphatic heterocycles. The number of primary amides is 1. The molecule has 0 aliphatic carbocycles. The highest BCUT2D eigenvalue weighted by molar-refractivity contribution is 9.11. The molecule has 0 spiro atoms. The molecule has 3 rings (SSSR count). The molecule has 1 amide bonds. The van der Waals surface area contributed by atoms with Gasteiger partial charge in [-0.05, 0) is 31.9 Å². The number of amides is 1. The van der Waals surface area contributed by atoms with Gasteiger partial charge in [-0.1, -0.05) is 12.1 Å². The van der Waals surface area contributed by atoms with Gasteiger partial charge < -0.3 is 24.8 Å². The highest BCUT2D eigenvalue weighted by Crippen LogP contribution is 2.55. The van der Waals surface area contributed by atoms with E-state index in [9.17, 15) is 4.79 Å². The van der Waals surface area contributed by atoms with Crippen molar-refractivity contribution < 1.29 is 23.8 Å². The molecule has 2 aliphatic rings. The van der Waals surface area contributed by atoms with Crippen LogP contribution in [0.3, 0.4) is 0 Å². The lowest BCUT2D eigenvalue weighted by Gasteiger charge is -2.20. The number of benzene rings is 1. The lowest BCUT2D eigenvalue weighted by Crippen LogP contribution is -2.28. The summed E-state index contributed by atoms with van der Waals surface area (Å²) in [7, 11) is 1.53. The average Bonchev–Trinajstić information content (AvgIpc) is 3.07. The van der Waals surface area contributed by atoms with E-state index in [-0.39, 0.29) is 18.4 Å². The van der Waals surface area contributed by atoms with E-state index in [4.69, 9.17) is 24.8 Å². The lowest BCUT2D eigenvalue weighted by atomic mass is 9.93. The lowest BCUT2D eigenvalue weighted by molar-refractivity contribution is -0.112. The normalized spacial score (nSPS) is 22.3. The molecule has 2 atom stereocenters. The average molecular weight is 436 g/mol. The maximum atomic E-state index is 11.4. The van der Waals surface area contributed by atoms with Gasteiger partial charge >= 0.3 is 0 Å². The molecule has 0 saturated heterocycles. The molecule has 0 unspecified atom stereocenters. The Morgan fingerprint density at radius 3 is 2.59 bits per heavy atom. The maximum absolute atomic E-state index is 11.4. The minimum Gasteiger partial charge on any atom is -0.492 e. The first-order chi connectivity index (χ1) is 10.5. The van der Waals surface area contributed by atoms with Crippen LogP contribution in [0.5, 0.6) is 17.2 Å². The van der Waals surface area contributed by atoms with Crippen molar-refractivity contribution in [2.24, 2.45) is 16.8 Å². The van der Waals surface area contributed by atoms with Gasteiger partial charge in [-0.3, -0.25) is 4.79 Å². The van der Waals surface area contributed by atoms with Crippen LogP contribution in [0.1, 0.15) is 18.6 Å². The summed E-state index contributed by atoms with van der Waals surface area (Å²) in [5.41, 5.74) is 6.22. The first kappa shape index (κ1) is 15.4. The second kappa shape index (κ2) is 5.62. The number of fused-ring (bicyclic) bond motifs is 1. The van der Waals surface area contributed by atoms with E-state index in [0.29, 0.717) is 31.8 Å². The number of nitrogens with two attached hydrogens (primary N) is 1. The van der Waals surface area contributed by atoms with E-state index < -0.39 is 12.0 Å². The highest BCUT2D eigenvalue weighted by Gasteiger charge is 2.40. The second-order valence-corrected chi connectivity index (χ2v) is 6.38. The quantitative estimate of drug-likeness (QED) is 0.787. The van der Waals surface area contributed by atoms with Gasteiger partial charge in [0.25, 0.3) is 5.91 Å². The first-order valence-electron chi connectivity index (χ1n) is 6.35. The third-order valence-electron chi connectivity index (χ3n) is 3.58. The fourth-order valence-electron chi connectivity index (χ4n) is 2.49. The summed E-state index contributed by atoms with van der Waals surface area (Å²) >= 11 is 7.01. The number of methoxy groups -OCH3 is 1. The minimum absolute atomic E-state index is 0.101. The molecule has 7 nitrogen and oxygen atoms in total. The number of nitrogens with zero attached hydrogens (tertiary/aromatic N) is 1. The van der Waals surface area contributed by atoms with Crippen molar-refractivity contribution >= 4 is 43.5 Å². The number of oxime groups is 1. The number of hydrogen-bond donors (Lipinski definition) is 1. The van der Waals surface area contributed by atoms with Crippen LogP contribution in [-0.4, -0.2) is 25.5 Å². The van der Waals surface area contributed by atoms with E-state index in [0.717, 1.165) is 0 Å².